The average Bonchev–Trinajstić information content (AvgIpc) is 2.63. The second-order valence-electron chi connectivity index (χ2n) is 5.34. The number of hydrogen-bond acceptors (Lipinski definition) is 3. The van der Waals surface area contributed by atoms with Crippen molar-refractivity contribution in [1.82, 2.24) is 10.3 Å². The van der Waals surface area contributed by atoms with Crippen molar-refractivity contribution >= 4 is 24.8 Å². The van der Waals surface area contributed by atoms with Crippen LogP contribution in [0.1, 0.15) is 16.8 Å². The van der Waals surface area contributed by atoms with Gasteiger partial charge in [-0.1, -0.05) is 48.5 Å². The zero-order chi connectivity index (χ0) is 15.7. The van der Waals surface area contributed by atoms with E-state index in [0.29, 0.717) is 6.61 Å². The van der Waals surface area contributed by atoms with Crippen LogP contribution >= 0.6 is 24.8 Å². The molecule has 0 fully saturated rings. The van der Waals surface area contributed by atoms with Crippen molar-refractivity contribution in [3.63, 3.8) is 0 Å². The van der Waals surface area contributed by atoms with Crippen molar-refractivity contribution in [3.8, 4) is 5.75 Å². The lowest BCUT2D eigenvalue weighted by Gasteiger charge is -2.08. The fraction of sp³-hybridized carbons (Fsp3) is 0.150. The molecule has 1 heterocycles. The van der Waals surface area contributed by atoms with E-state index < -0.39 is 0 Å². The Labute approximate surface area is 161 Å². The summed E-state index contributed by atoms with van der Waals surface area (Å²) >= 11 is 0. The SMILES string of the molecule is Cl.Cl.c1ccc(COc2ccc(CNCc3ccccn3)cc2)cc1. The van der Waals surface area contributed by atoms with Crippen molar-refractivity contribution in [2.75, 3.05) is 0 Å². The normalized spacial score (nSPS) is 9.60. The number of nitrogens with zero attached hydrogens (tertiary/aromatic N) is 1. The molecule has 1 aromatic heterocycles. The number of pyridine rings is 1. The molecule has 0 aliphatic heterocycles. The number of benzene rings is 2. The van der Waals surface area contributed by atoms with Gasteiger partial charge in [-0.05, 0) is 35.4 Å². The molecule has 0 saturated heterocycles. The number of ether oxygens (including phenoxy) is 1. The molecule has 25 heavy (non-hydrogen) atoms. The van der Waals surface area contributed by atoms with Crippen molar-refractivity contribution in [3.05, 3.63) is 95.8 Å². The molecule has 0 saturated carbocycles. The van der Waals surface area contributed by atoms with Crippen LogP contribution in [0.3, 0.4) is 0 Å². The van der Waals surface area contributed by atoms with E-state index >= 15 is 0 Å². The molecular formula is C20H22Cl2N2O. The molecule has 0 aliphatic carbocycles. The number of rotatable bonds is 7. The molecule has 0 unspecified atom stereocenters. The minimum absolute atomic E-state index is 0. The van der Waals surface area contributed by atoms with Crippen molar-refractivity contribution in [2.45, 2.75) is 19.7 Å². The first-order valence-corrected chi connectivity index (χ1v) is 7.76. The lowest BCUT2D eigenvalue weighted by atomic mass is 10.2. The van der Waals surface area contributed by atoms with Crippen LogP contribution in [-0.2, 0) is 19.7 Å². The van der Waals surface area contributed by atoms with E-state index in [2.05, 4.69) is 34.6 Å². The first-order chi connectivity index (χ1) is 11.4. The summed E-state index contributed by atoms with van der Waals surface area (Å²) in [5, 5.41) is 3.39. The Hall–Kier alpha value is -2.07. The standard InChI is InChI=1S/C20H20N2O.2ClH/c1-2-6-18(7-3-1)16-23-20-11-9-17(10-12-20)14-21-15-19-8-4-5-13-22-19;;/h1-13,21H,14-16H2;2*1H. The fourth-order valence-corrected chi connectivity index (χ4v) is 2.28. The molecule has 3 aromatic rings. The van der Waals surface area contributed by atoms with E-state index in [1.54, 1.807) is 0 Å². The smallest absolute Gasteiger partial charge is 0.119 e. The highest BCUT2D eigenvalue weighted by Crippen LogP contribution is 2.14. The predicted octanol–water partition coefficient (Wildman–Crippen LogP) is 4.79. The highest BCUT2D eigenvalue weighted by atomic mass is 35.5. The van der Waals surface area contributed by atoms with Crippen LogP contribution in [0.15, 0.2) is 79.0 Å². The molecular weight excluding hydrogens is 355 g/mol. The van der Waals surface area contributed by atoms with Gasteiger partial charge in [0.05, 0.1) is 5.69 Å². The first kappa shape index (κ1) is 21.0. The van der Waals surface area contributed by atoms with E-state index in [9.17, 15) is 0 Å². The van der Waals surface area contributed by atoms with Gasteiger partial charge >= 0.3 is 0 Å². The minimum atomic E-state index is 0. The summed E-state index contributed by atoms with van der Waals surface area (Å²) < 4.78 is 5.79. The molecule has 0 aliphatic rings. The summed E-state index contributed by atoms with van der Waals surface area (Å²) in [5.41, 5.74) is 3.46. The number of nitrogens with one attached hydrogen (secondary N) is 1. The Morgan fingerprint density at radius 2 is 1.44 bits per heavy atom. The molecule has 2 aromatic carbocycles. The van der Waals surface area contributed by atoms with Gasteiger partial charge < -0.3 is 10.1 Å². The highest BCUT2D eigenvalue weighted by Gasteiger charge is 1.98. The van der Waals surface area contributed by atoms with Crippen LogP contribution in [0.5, 0.6) is 5.75 Å². The monoisotopic (exact) mass is 376 g/mol. The van der Waals surface area contributed by atoms with Crippen LogP contribution in [0, 0.1) is 0 Å². The molecule has 1 N–H and O–H groups in total. The second kappa shape index (κ2) is 11.5. The Kier molecular flexibility index (Phi) is 9.63. The molecule has 132 valence electrons. The van der Waals surface area contributed by atoms with Crippen molar-refractivity contribution in [1.29, 1.82) is 0 Å². The second-order valence-corrected chi connectivity index (χ2v) is 5.34. The summed E-state index contributed by atoms with van der Waals surface area (Å²) in [5.74, 6) is 0.891. The van der Waals surface area contributed by atoms with E-state index in [1.165, 1.54) is 11.1 Å². The maximum Gasteiger partial charge on any atom is 0.119 e. The maximum absolute atomic E-state index is 5.79. The van der Waals surface area contributed by atoms with Gasteiger partial charge in [0.2, 0.25) is 0 Å². The largest absolute Gasteiger partial charge is 0.489 e. The molecule has 5 heteroatoms. The Morgan fingerprint density at radius 1 is 0.720 bits per heavy atom. The van der Waals surface area contributed by atoms with Crippen LogP contribution < -0.4 is 10.1 Å². The summed E-state index contributed by atoms with van der Waals surface area (Å²) in [6, 6.07) is 24.3. The van der Waals surface area contributed by atoms with E-state index in [-0.39, 0.29) is 24.8 Å². The van der Waals surface area contributed by atoms with Crippen molar-refractivity contribution in [2.24, 2.45) is 0 Å². The molecule has 3 nitrogen and oxygen atoms in total. The van der Waals surface area contributed by atoms with Gasteiger partial charge in [-0.2, -0.15) is 0 Å². The van der Waals surface area contributed by atoms with E-state index in [1.807, 2.05) is 54.7 Å². The summed E-state index contributed by atoms with van der Waals surface area (Å²) in [6.45, 7) is 2.18. The number of halogens is 2. The Bertz CT molecular complexity index is 707. The zero-order valence-corrected chi connectivity index (χ0v) is 15.4. The lowest BCUT2D eigenvalue weighted by molar-refractivity contribution is 0.306. The molecule has 0 spiro atoms. The van der Waals surface area contributed by atoms with E-state index in [4.69, 9.17) is 4.74 Å². The minimum Gasteiger partial charge on any atom is -0.489 e. The zero-order valence-electron chi connectivity index (χ0n) is 13.8. The van der Waals surface area contributed by atoms with E-state index in [0.717, 1.165) is 24.5 Å². The average molecular weight is 377 g/mol. The topological polar surface area (TPSA) is 34.1 Å². The van der Waals surface area contributed by atoms with Crippen LogP contribution in [0.2, 0.25) is 0 Å². The van der Waals surface area contributed by atoms with Gasteiger partial charge in [0.25, 0.3) is 0 Å². The Balaban J connectivity index is 0.00000156. The van der Waals surface area contributed by atoms with Crippen LogP contribution in [0.4, 0.5) is 0 Å². The third-order valence-corrected chi connectivity index (χ3v) is 3.53. The van der Waals surface area contributed by atoms with Crippen LogP contribution in [-0.4, -0.2) is 4.98 Å². The lowest BCUT2D eigenvalue weighted by Crippen LogP contribution is -2.13. The number of hydrogen-bond donors (Lipinski definition) is 1. The van der Waals surface area contributed by atoms with Crippen molar-refractivity contribution < 1.29 is 4.74 Å². The van der Waals surface area contributed by atoms with Gasteiger partial charge in [-0.3, -0.25) is 4.98 Å². The summed E-state index contributed by atoms with van der Waals surface area (Å²) in [6.07, 6.45) is 1.82. The first-order valence-electron chi connectivity index (χ1n) is 7.76. The van der Waals surface area contributed by atoms with Gasteiger partial charge in [0.1, 0.15) is 12.4 Å². The van der Waals surface area contributed by atoms with Crippen LogP contribution in [0.25, 0.3) is 0 Å². The fourth-order valence-electron chi connectivity index (χ4n) is 2.28. The summed E-state index contributed by atoms with van der Waals surface area (Å²) in [7, 11) is 0. The molecule has 0 amide bonds. The third kappa shape index (κ3) is 7.14. The van der Waals surface area contributed by atoms with Gasteiger partial charge in [0, 0.05) is 19.3 Å². The van der Waals surface area contributed by atoms with Gasteiger partial charge in [0.15, 0.2) is 0 Å². The highest BCUT2D eigenvalue weighted by molar-refractivity contribution is 5.85. The molecule has 0 radical (unpaired) electrons. The maximum atomic E-state index is 5.79. The predicted molar refractivity (Wildman–Crippen MR) is 106 cm³/mol. The van der Waals surface area contributed by atoms with Gasteiger partial charge in [-0.15, -0.1) is 24.8 Å². The number of aromatic nitrogens is 1. The Morgan fingerprint density at radius 3 is 2.12 bits per heavy atom. The summed E-state index contributed by atoms with van der Waals surface area (Å²) in [4.78, 5) is 4.29. The molecule has 3 rings (SSSR count). The quantitative estimate of drug-likeness (QED) is 0.643. The molecule has 0 bridgehead atoms. The van der Waals surface area contributed by atoms with Gasteiger partial charge in [-0.25, -0.2) is 0 Å². The molecule has 0 atom stereocenters. The third-order valence-electron chi connectivity index (χ3n) is 3.53.